The van der Waals surface area contributed by atoms with Crippen LogP contribution < -0.4 is 0 Å². The highest BCUT2D eigenvalue weighted by Crippen LogP contribution is 2.46. The van der Waals surface area contributed by atoms with E-state index in [0.29, 0.717) is 12.8 Å². The summed E-state index contributed by atoms with van der Waals surface area (Å²) in [5.41, 5.74) is 0.191. The average molecular weight is 779 g/mol. The second kappa shape index (κ2) is 16.9. The van der Waals surface area contributed by atoms with Crippen molar-refractivity contribution in [1.29, 1.82) is 0 Å². The van der Waals surface area contributed by atoms with Crippen molar-refractivity contribution in [2.75, 3.05) is 27.3 Å². The van der Waals surface area contributed by atoms with Crippen LogP contribution in [0.4, 0.5) is 0 Å². The summed E-state index contributed by atoms with van der Waals surface area (Å²) in [5, 5.41) is 12.7. The van der Waals surface area contributed by atoms with E-state index < -0.39 is 83.4 Å². The van der Waals surface area contributed by atoms with E-state index in [1.54, 1.807) is 13.8 Å². The first-order valence-corrected chi connectivity index (χ1v) is 20.4. The Morgan fingerprint density at radius 2 is 1.77 bits per heavy atom. The predicted octanol–water partition coefficient (Wildman–Crippen LogP) is 5.76. The van der Waals surface area contributed by atoms with Crippen LogP contribution in [0.2, 0.25) is 0 Å². The quantitative estimate of drug-likeness (QED) is 0.369. The van der Waals surface area contributed by atoms with Gasteiger partial charge in [0.05, 0.1) is 55.0 Å². The molecule has 2 bridgehead atoms. The zero-order chi connectivity index (χ0) is 40.7. The predicted molar refractivity (Wildman–Crippen MR) is 210 cm³/mol. The van der Waals surface area contributed by atoms with Crippen molar-refractivity contribution in [2.24, 2.45) is 29.6 Å². The molecule has 1 aromatic heterocycles. The third-order valence-electron chi connectivity index (χ3n) is 13.0. The Bertz CT molecular complexity index is 1780. The number of aliphatic hydroxyl groups excluding tert-OH is 1. The van der Waals surface area contributed by atoms with Crippen LogP contribution >= 0.6 is 0 Å². The molecule has 4 aliphatic rings. The normalized spacial score (nSPS) is 41.1. The van der Waals surface area contributed by atoms with Crippen LogP contribution in [0.5, 0.6) is 0 Å². The van der Waals surface area contributed by atoms with Gasteiger partial charge in [0.1, 0.15) is 23.6 Å². The number of para-hydroxylation sites is 1. The number of carbonyl (C=O) groups excluding carboxylic acids is 3. The Morgan fingerprint density at radius 1 is 1.04 bits per heavy atom. The molecule has 6 rings (SSSR count). The lowest BCUT2D eigenvalue weighted by Crippen LogP contribution is -2.60. The van der Waals surface area contributed by atoms with Crippen molar-refractivity contribution < 1.29 is 47.9 Å². The largest absolute Gasteiger partial charge is 0.458 e. The summed E-state index contributed by atoms with van der Waals surface area (Å²) in [6.45, 7) is 15.3. The number of aromatic nitrogens is 1. The fourth-order valence-corrected chi connectivity index (χ4v) is 9.86. The van der Waals surface area contributed by atoms with Gasteiger partial charge in [0.25, 0.3) is 0 Å². The van der Waals surface area contributed by atoms with Gasteiger partial charge in [-0.05, 0) is 90.4 Å². The third-order valence-corrected chi connectivity index (χ3v) is 13.0. The summed E-state index contributed by atoms with van der Waals surface area (Å²) in [5.74, 6) is -3.97. The molecule has 12 nitrogen and oxygen atoms in total. The molecule has 5 heterocycles. The molecule has 0 unspecified atom stereocenters. The highest BCUT2D eigenvalue weighted by molar-refractivity contribution is 5.85. The molecule has 1 aromatic carbocycles. The molecular formula is C44H62N2O10. The number of pyridine rings is 1. The molecule has 14 atom stereocenters. The molecule has 0 spiro atoms. The molecule has 0 aliphatic carbocycles. The van der Waals surface area contributed by atoms with E-state index in [9.17, 15) is 19.5 Å². The third kappa shape index (κ3) is 8.47. The van der Waals surface area contributed by atoms with Crippen LogP contribution in [0.25, 0.3) is 17.0 Å². The van der Waals surface area contributed by atoms with Gasteiger partial charge in [0.15, 0.2) is 6.29 Å². The summed E-state index contributed by atoms with van der Waals surface area (Å²) >= 11 is 0. The van der Waals surface area contributed by atoms with Crippen molar-refractivity contribution in [3.05, 3.63) is 47.7 Å². The minimum atomic E-state index is -1.20. The summed E-state index contributed by atoms with van der Waals surface area (Å²) in [4.78, 5) is 48.5. The molecule has 0 saturated carbocycles. The summed E-state index contributed by atoms with van der Waals surface area (Å²) in [7, 11) is 3.84. The van der Waals surface area contributed by atoms with E-state index in [-0.39, 0.29) is 44.0 Å². The summed E-state index contributed by atoms with van der Waals surface area (Å²) < 4.78 is 39.4. The number of rotatable bonds is 5. The maximum absolute atomic E-state index is 14.6. The van der Waals surface area contributed by atoms with Crippen LogP contribution in [0.1, 0.15) is 86.6 Å². The van der Waals surface area contributed by atoms with Crippen molar-refractivity contribution >= 4 is 34.7 Å². The Morgan fingerprint density at radius 3 is 2.48 bits per heavy atom. The number of likely N-dealkylation sites (N-methyl/N-ethyl adjacent to an activating group) is 1. The van der Waals surface area contributed by atoms with Gasteiger partial charge < -0.3 is 38.4 Å². The van der Waals surface area contributed by atoms with E-state index >= 15 is 0 Å². The lowest BCUT2D eigenvalue weighted by Gasteiger charge is -2.48. The fraction of sp³-hybridized carbons (Fsp3) is 0.682. The Kier molecular flexibility index (Phi) is 12.8. The van der Waals surface area contributed by atoms with Gasteiger partial charge in [0, 0.05) is 41.3 Å². The molecule has 12 heteroatoms. The first kappa shape index (κ1) is 42.3. The maximum atomic E-state index is 14.6. The second-order valence-electron chi connectivity index (χ2n) is 17.5. The van der Waals surface area contributed by atoms with Gasteiger partial charge in [-0.25, -0.2) is 0 Å². The smallest absolute Gasteiger partial charge is 0.311 e. The van der Waals surface area contributed by atoms with Crippen molar-refractivity contribution in [2.45, 2.75) is 135 Å². The lowest BCUT2D eigenvalue weighted by atomic mass is 9.70. The molecule has 4 fully saturated rings. The van der Waals surface area contributed by atoms with E-state index in [1.165, 1.54) is 0 Å². The SMILES string of the molecule is CC[C@H]1OC(=O)[C@H](C)[C@H]2OCC(=Cc3cnc4ccccc4c3)CO[C@](C)(C[C@@H](C)C(=O)[C@H](C)[C@@H]3CC(=O)O[C@]13C)[C@H](O[C@@H]1O[C@H](C)C[C@H](N(C)C)[C@H]1O)[C@H]2C. The van der Waals surface area contributed by atoms with Gasteiger partial charge in [-0.1, -0.05) is 45.9 Å². The Labute approximate surface area is 331 Å². The van der Waals surface area contributed by atoms with Crippen LogP contribution in [0.15, 0.2) is 42.1 Å². The molecule has 4 aliphatic heterocycles. The Hall–Kier alpha value is -3.26. The number of hydrogen-bond donors (Lipinski definition) is 1. The molecule has 0 radical (unpaired) electrons. The van der Waals surface area contributed by atoms with Gasteiger partial charge in [0.2, 0.25) is 0 Å². The van der Waals surface area contributed by atoms with Crippen LogP contribution in [0.3, 0.4) is 0 Å². The fourth-order valence-electron chi connectivity index (χ4n) is 9.86. The summed E-state index contributed by atoms with van der Waals surface area (Å²) in [6, 6.07) is 9.73. The zero-order valence-electron chi connectivity index (χ0n) is 34.7. The Balaban J connectivity index is 1.47. The highest BCUT2D eigenvalue weighted by atomic mass is 16.7. The van der Waals surface area contributed by atoms with Gasteiger partial charge in [-0.2, -0.15) is 0 Å². The number of ketones is 1. The maximum Gasteiger partial charge on any atom is 0.311 e. The van der Waals surface area contributed by atoms with E-state index in [4.69, 9.17) is 28.4 Å². The number of aliphatic hydroxyl groups is 1. The number of nitrogens with zero attached hydrogens (tertiary/aromatic N) is 2. The summed E-state index contributed by atoms with van der Waals surface area (Å²) in [6.07, 6.45) is 0.470. The molecule has 0 amide bonds. The van der Waals surface area contributed by atoms with Crippen molar-refractivity contribution in [1.82, 2.24) is 9.88 Å². The standard InChI is InChI=1S/C44H62N2O10/c1-11-35-44(8)32(19-36(47)56-44)26(4)37(48)24(2)20-43(7)40(55-42-38(49)34(46(9)10)16-25(3)53-42)27(5)39(28(6)41(50)54-35)51-22-30(23-52-43)17-29-18-31-14-12-13-15-33(31)45-21-29/h12-15,17-18,21,24-28,32,34-35,38-40,42,49H,11,16,19-20,22-23H2,1-10H3/t24-,25-,26-,27+,28-,32+,34+,35-,38-,39+,40-,42+,43-,44+/m1/s1. The second-order valence-corrected chi connectivity index (χ2v) is 17.5. The molecule has 4 saturated heterocycles. The van der Waals surface area contributed by atoms with Crippen LogP contribution in [-0.4, -0.2) is 114 Å². The number of fused-ring (bicyclic) bond motifs is 5. The minimum absolute atomic E-state index is 0.0436. The number of ether oxygens (including phenoxy) is 6. The number of esters is 2. The van der Waals surface area contributed by atoms with E-state index in [1.807, 2.05) is 97.1 Å². The number of carbonyl (C=O) groups is 3. The number of hydrogen-bond acceptors (Lipinski definition) is 12. The van der Waals surface area contributed by atoms with Crippen LogP contribution in [0, 0.1) is 29.6 Å². The number of cyclic esters (lactones) is 1. The highest BCUT2D eigenvalue weighted by Gasteiger charge is 2.57. The van der Waals surface area contributed by atoms with Crippen LogP contribution in [-0.2, 0) is 42.8 Å². The molecule has 56 heavy (non-hydrogen) atoms. The zero-order valence-corrected chi connectivity index (χ0v) is 34.7. The first-order valence-electron chi connectivity index (χ1n) is 20.4. The number of Topliss-reactive ketones (excluding diaryl/α,β-unsaturated/α-hetero) is 1. The van der Waals surface area contributed by atoms with E-state index in [2.05, 4.69) is 11.1 Å². The van der Waals surface area contributed by atoms with E-state index in [0.717, 1.165) is 22.0 Å². The average Bonchev–Trinajstić information content (AvgIpc) is 3.49. The first-order chi connectivity index (χ1) is 26.4. The van der Waals surface area contributed by atoms with Crippen molar-refractivity contribution in [3.8, 4) is 0 Å². The number of benzene rings is 1. The van der Waals surface area contributed by atoms with Crippen molar-refractivity contribution in [3.63, 3.8) is 0 Å². The molecular weight excluding hydrogens is 716 g/mol. The van der Waals surface area contributed by atoms with Gasteiger partial charge in [-0.3, -0.25) is 19.4 Å². The molecule has 308 valence electrons. The molecule has 2 aromatic rings. The lowest BCUT2D eigenvalue weighted by molar-refractivity contribution is -0.302. The molecule has 1 N–H and O–H groups in total. The topological polar surface area (TPSA) is 143 Å². The van der Waals surface area contributed by atoms with Gasteiger partial charge >= 0.3 is 11.9 Å². The monoisotopic (exact) mass is 778 g/mol. The van der Waals surface area contributed by atoms with Gasteiger partial charge in [-0.15, -0.1) is 0 Å². The minimum Gasteiger partial charge on any atom is -0.458 e.